The van der Waals surface area contributed by atoms with Gasteiger partial charge in [0.1, 0.15) is 0 Å². The molecule has 0 spiro atoms. The minimum Gasteiger partial charge on any atom is -0.337 e. The van der Waals surface area contributed by atoms with Crippen LogP contribution >= 0.6 is 0 Å². The standard InChI is InChI=1S/C14H25N3/c1-2-13-4-6-14(7-5-13)16-8-3-10-17-11-9-15-12-17/h9,11-14,16H,2-8,10H2,1H3. The number of nitrogens with zero attached hydrogens (tertiary/aromatic N) is 2. The molecular formula is C14H25N3. The Kier molecular flexibility index (Phi) is 5.05. The molecule has 17 heavy (non-hydrogen) atoms. The molecule has 1 aromatic heterocycles. The van der Waals surface area contributed by atoms with Gasteiger partial charge in [0.2, 0.25) is 0 Å². The zero-order valence-electron chi connectivity index (χ0n) is 10.9. The van der Waals surface area contributed by atoms with Gasteiger partial charge in [0.05, 0.1) is 6.33 Å². The molecule has 0 amide bonds. The lowest BCUT2D eigenvalue weighted by Crippen LogP contribution is -2.34. The molecule has 0 radical (unpaired) electrons. The molecule has 0 bridgehead atoms. The van der Waals surface area contributed by atoms with Crippen LogP contribution in [-0.4, -0.2) is 22.1 Å². The van der Waals surface area contributed by atoms with Gasteiger partial charge in [-0.3, -0.25) is 0 Å². The molecule has 1 N–H and O–H groups in total. The zero-order chi connectivity index (χ0) is 11.9. The highest BCUT2D eigenvalue weighted by Gasteiger charge is 2.18. The highest BCUT2D eigenvalue weighted by Crippen LogP contribution is 2.26. The SMILES string of the molecule is CCC1CCC(NCCCn2ccnc2)CC1. The predicted molar refractivity (Wildman–Crippen MR) is 70.9 cm³/mol. The fourth-order valence-corrected chi connectivity index (χ4v) is 2.76. The Hall–Kier alpha value is -0.830. The lowest BCUT2D eigenvalue weighted by Gasteiger charge is -2.28. The third-order valence-corrected chi connectivity index (χ3v) is 4.01. The Morgan fingerprint density at radius 1 is 1.29 bits per heavy atom. The van der Waals surface area contributed by atoms with Crippen molar-refractivity contribution >= 4 is 0 Å². The molecule has 3 heteroatoms. The number of hydrogen-bond acceptors (Lipinski definition) is 2. The lowest BCUT2D eigenvalue weighted by atomic mass is 9.84. The van der Waals surface area contributed by atoms with E-state index in [1.165, 1.54) is 38.5 Å². The van der Waals surface area contributed by atoms with Crippen LogP contribution < -0.4 is 5.32 Å². The van der Waals surface area contributed by atoms with E-state index in [9.17, 15) is 0 Å². The molecule has 1 heterocycles. The molecule has 3 nitrogen and oxygen atoms in total. The highest BCUT2D eigenvalue weighted by molar-refractivity contribution is 4.77. The van der Waals surface area contributed by atoms with Gasteiger partial charge < -0.3 is 9.88 Å². The molecule has 0 aliphatic heterocycles. The molecule has 0 saturated heterocycles. The van der Waals surface area contributed by atoms with Gasteiger partial charge in [-0.2, -0.15) is 0 Å². The van der Waals surface area contributed by atoms with Gasteiger partial charge in [0.25, 0.3) is 0 Å². The maximum Gasteiger partial charge on any atom is 0.0945 e. The first-order valence-electron chi connectivity index (χ1n) is 7.07. The van der Waals surface area contributed by atoms with Crippen molar-refractivity contribution < 1.29 is 0 Å². The average Bonchev–Trinajstić information content (AvgIpc) is 2.88. The topological polar surface area (TPSA) is 29.9 Å². The molecule has 96 valence electrons. The molecule has 0 unspecified atom stereocenters. The predicted octanol–water partition coefficient (Wildman–Crippen LogP) is 2.83. The van der Waals surface area contributed by atoms with E-state index in [-0.39, 0.29) is 0 Å². The summed E-state index contributed by atoms with van der Waals surface area (Å²) in [5, 5.41) is 3.69. The van der Waals surface area contributed by atoms with Crippen molar-refractivity contribution in [2.24, 2.45) is 5.92 Å². The minimum atomic E-state index is 0.778. The van der Waals surface area contributed by atoms with Crippen LogP contribution in [0.25, 0.3) is 0 Å². The number of rotatable bonds is 6. The van der Waals surface area contributed by atoms with Gasteiger partial charge in [-0.15, -0.1) is 0 Å². The largest absolute Gasteiger partial charge is 0.337 e. The zero-order valence-corrected chi connectivity index (χ0v) is 10.9. The fourth-order valence-electron chi connectivity index (χ4n) is 2.76. The van der Waals surface area contributed by atoms with Gasteiger partial charge >= 0.3 is 0 Å². The first-order valence-corrected chi connectivity index (χ1v) is 7.07. The monoisotopic (exact) mass is 235 g/mol. The fraction of sp³-hybridized carbons (Fsp3) is 0.786. The molecular weight excluding hydrogens is 210 g/mol. The van der Waals surface area contributed by atoms with Crippen molar-refractivity contribution in [1.82, 2.24) is 14.9 Å². The molecule has 1 saturated carbocycles. The van der Waals surface area contributed by atoms with Crippen molar-refractivity contribution in [1.29, 1.82) is 0 Å². The van der Waals surface area contributed by atoms with Crippen LogP contribution in [0.3, 0.4) is 0 Å². The molecule has 0 aromatic carbocycles. The van der Waals surface area contributed by atoms with Gasteiger partial charge in [-0.25, -0.2) is 4.98 Å². The number of hydrogen-bond donors (Lipinski definition) is 1. The van der Waals surface area contributed by atoms with Crippen LogP contribution in [0.1, 0.15) is 45.4 Å². The summed E-state index contributed by atoms with van der Waals surface area (Å²) in [6.07, 6.45) is 14.0. The third kappa shape index (κ3) is 4.15. The molecule has 1 aliphatic rings. The normalized spacial score (nSPS) is 25.0. The van der Waals surface area contributed by atoms with E-state index >= 15 is 0 Å². The Balaban J connectivity index is 1.54. The first-order chi connectivity index (χ1) is 8.38. The lowest BCUT2D eigenvalue weighted by molar-refractivity contribution is 0.285. The summed E-state index contributed by atoms with van der Waals surface area (Å²) in [6.45, 7) is 4.54. The van der Waals surface area contributed by atoms with Crippen molar-refractivity contribution in [3.63, 3.8) is 0 Å². The van der Waals surface area contributed by atoms with Crippen molar-refractivity contribution in [2.45, 2.75) is 58.0 Å². The first kappa shape index (κ1) is 12.6. The van der Waals surface area contributed by atoms with Crippen LogP contribution in [0.5, 0.6) is 0 Å². The van der Waals surface area contributed by atoms with E-state index in [2.05, 4.69) is 21.8 Å². The van der Waals surface area contributed by atoms with E-state index in [0.717, 1.165) is 25.0 Å². The summed E-state index contributed by atoms with van der Waals surface area (Å²) in [7, 11) is 0. The second-order valence-corrected chi connectivity index (χ2v) is 5.23. The Bertz CT molecular complexity index is 286. The number of aryl methyl sites for hydroxylation is 1. The van der Waals surface area contributed by atoms with Gasteiger partial charge in [-0.1, -0.05) is 13.3 Å². The van der Waals surface area contributed by atoms with Crippen LogP contribution in [0.4, 0.5) is 0 Å². The second kappa shape index (κ2) is 6.80. The Labute approximate surface area is 105 Å². The van der Waals surface area contributed by atoms with Crippen molar-refractivity contribution in [2.75, 3.05) is 6.54 Å². The summed E-state index contributed by atoms with van der Waals surface area (Å²) in [5.41, 5.74) is 0. The maximum absolute atomic E-state index is 4.05. The van der Waals surface area contributed by atoms with E-state index in [4.69, 9.17) is 0 Å². The summed E-state index contributed by atoms with van der Waals surface area (Å²) in [6, 6.07) is 0.778. The van der Waals surface area contributed by atoms with Crippen molar-refractivity contribution in [3.8, 4) is 0 Å². The minimum absolute atomic E-state index is 0.778. The summed E-state index contributed by atoms with van der Waals surface area (Å²) < 4.78 is 2.15. The molecule has 1 aliphatic carbocycles. The maximum atomic E-state index is 4.05. The summed E-state index contributed by atoms with van der Waals surface area (Å²) in [4.78, 5) is 4.05. The Morgan fingerprint density at radius 3 is 2.76 bits per heavy atom. The van der Waals surface area contributed by atoms with Crippen molar-refractivity contribution in [3.05, 3.63) is 18.7 Å². The second-order valence-electron chi connectivity index (χ2n) is 5.23. The molecule has 1 fully saturated rings. The quantitative estimate of drug-likeness (QED) is 0.768. The van der Waals surface area contributed by atoms with Gasteiger partial charge in [0.15, 0.2) is 0 Å². The van der Waals surface area contributed by atoms with Crippen LogP contribution in [0.2, 0.25) is 0 Å². The van der Waals surface area contributed by atoms with E-state index < -0.39 is 0 Å². The van der Waals surface area contributed by atoms with Crippen LogP contribution in [-0.2, 0) is 6.54 Å². The van der Waals surface area contributed by atoms with Crippen LogP contribution in [0.15, 0.2) is 18.7 Å². The highest BCUT2D eigenvalue weighted by atomic mass is 15.0. The van der Waals surface area contributed by atoms with Crippen LogP contribution in [0, 0.1) is 5.92 Å². The van der Waals surface area contributed by atoms with E-state index in [1.54, 1.807) is 0 Å². The van der Waals surface area contributed by atoms with E-state index in [0.29, 0.717) is 0 Å². The molecule has 1 aromatic rings. The van der Waals surface area contributed by atoms with Gasteiger partial charge in [-0.05, 0) is 44.6 Å². The number of nitrogens with one attached hydrogen (secondary N) is 1. The smallest absolute Gasteiger partial charge is 0.0945 e. The average molecular weight is 235 g/mol. The Morgan fingerprint density at radius 2 is 2.12 bits per heavy atom. The van der Waals surface area contributed by atoms with Gasteiger partial charge in [0, 0.05) is 25.0 Å². The molecule has 0 atom stereocenters. The summed E-state index contributed by atoms with van der Waals surface area (Å²) >= 11 is 0. The van der Waals surface area contributed by atoms with E-state index in [1.807, 2.05) is 18.7 Å². The third-order valence-electron chi connectivity index (χ3n) is 4.01. The molecule has 2 rings (SSSR count). The summed E-state index contributed by atoms with van der Waals surface area (Å²) in [5.74, 6) is 0.999. The number of aromatic nitrogens is 2. The number of imidazole rings is 1.